The summed E-state index contributed by atoms with van der Waals surface area (Å²) in [6, 6.07) is 1.73. The van der Waals surface area contributed by atoms with Crippen molar-refractivity contribution in [2.45, 2.75) is 20.4 Å². The van der Waals surface area contributed by atoms with Gasteiger partial charge in [-0.2, -0.15) is 0 Å². The number of nitrogens with one attached hydrogen (secondary N) is 1. The van der Waals surface area contributed by atoms with Crippen LogP contribution in [0, 0.1) is 6.92 Å². The smallest absolute Gasteiger partial charge is 0.268 e. The lowest BCUT2D eigenvalue weighted by Gasteiger charge is -2.10. The first-order valence-electron chi connectivity index (χ1n) is 4.87. The van der Waals surface area contributed by atoms with Gasteiger partial charge in [0.1, 0.15) is 11.5 Å². The molecule has 15 heavy (non-hydrogen) atoms. The molecule has 0 unspecified atom stereocenters. The third-order valence-electron chi connectivity index (χ3n) is 2.31. The molecule has 0 fully saturated rings. The van der Waals surface area contributed by atoms with Crippen LogP contribution in [0.3, 0.4) is 0 Å². The van der Waals surface area contributed by atoms with Crippen LogP contribution in [0.4, 0.5) is 0 Å². The van der Waals surface area contributed by atoms with Crippen molar-refractivity contribution in [3.05, 3.63) is 23.2 Å². The fourth-order valence-corrected chi connectivity index (χ4v) is 1.30. The fraction of sp³-hybridized carbons (Fsp3) is 0.500. The molecule has 1 heterocycles. The topological polar surface area (TPSA) is 71.5 Å². The summed E-state index contributed by atoms with van der Waals surface area (Å²) in [5, 5.41) is 0. The third-order valence-corrected chi connectivity index (χ3v) is 2.31. The Balaban J connectivity index is 2.81. The van der Waals surface area contributed by atoms with Gasteiger partial charge in [-0.05, 0) is 26.6 Å². The summed E-state index contributed by atoms with van der Waals surface area (Å²) in [6.45, 7) is 5.43. The van der Waals surface area contributed by atoms with Gasteiger partial charge in [-0.3, -0.25) is 15.1 Å². The molecule has 5 nitrogen and oxygen atoms in total. The van der Waals surface area contributed by atoms with Gasteiger partial charge < -0.3 is 4.42 Å². The van der Waals surface area contributed by atoms with Crippen molar-refractivity contribution < 1.29 is 9.21 Å². The first kappa shape index (κ1) is 11.7. The third kappa shape index (κ3) is 2.81. The Hall–Kier alpha value is -1.33. The highest BCUT2D eigenvalue weighted by molar-refractivity contribution is 5.94. The molecule has 0 radical (unpaired) electrons. The molecule has 0 aliphatic carbocycles. The molecule has 5 heteroatoms. The summed E-state index contributed by atoms with van der Waals surface area (Å²) in [6.07, 6.45) is 0. The largest absolute Gasteiger partial charge is 0.464 e. The zero-order valence-electron chi connectivity index (χ0n) is 9.33. The number of amides is 1. The van der Waals surface area contributed by atoms with Crippen molar-refractivity contribution in [1.82, 2.24) is 10.3 Å². The predicted octanol–water partition coefficient (Wildman–Crippen LogP) is 0.643. The lowest BCUT2D eigenvalue weighted by atomic mass is 10.2. The normalized spacial score (nSPS) is 10.7. The van der Waals surface area contributed by atoms with Crippen molar-refractivity contribution in [2.75, 3.05) is 13.6 Å². The summed E-state index contributed by atoms with van der Waals surface area (Å²) in [5.74, 6) is 6.11. The Morgan fingerprint density at radius 2 is 2.33 bits per heavy atom. The van der Waals surface area contributed by atoms with Crippen LogP contribution in [0.5, 0.6) is 0 Å². The highest BCUT2D eigenvalue weighted by Gasteiger charge is 2.14. The van der Waals surface area contributed by atoms with Gasteiger partial charge >= 0.3 is 0 Å². The first-order chi connectivity index (χ1) is 7.08. The minimum atomic E-state index is -0.318. The second-order valence-corrected chi connectivity index (χ2v) is 3.49. The second-order valence-electron chi connectivity index (χ2n) is 3.49. The molecule has 1 aromatic heterocycles. The Labute approximate surface area is 89.2 Å². The summed E-state index contributed by atoms with van der Waals surface area (Å²) >= 11 is 0. The van der Waals surface area contributed by atoms with Crippen molar-refractivity contribution in [2.24, 2.45) is 5.84 Å². The number of carbonyl (C=O) groups excluding carboxylic acids is 1. The lowest BCUT2D eigenvalue weighted by molar-refractivity contribution is 0.0952. The summed E-state index contributed by atoms with van der Waals surface area (Å²) in [4.78, 5) is 13.4. The molecular formula is C10H17N3O2. The van der Waals surface area contributed by atoms with E-state index in [1.807, 2.05) is 7.05 Å². The maximum Gasteiger partial charge on any atom is 0.268 e. The van der Waals surface area contributed by atoms with Crippen molar-refractivity contribution in [3.8, 4) is 0 Å². The van der Waals surface area contributed by atoms with Crippen molar-refractivity contribution in [1.29, 1.82) is 0 Å². The quantitative estimate of drug-likeness (QED) is 0.435. The molecule has 0 bridgehead atoms. The number of aryl methyl sites for hydroxylation is 1. The van der Waals surface area contributed by atoms with Crippen LogP contribution in [-0.4, -0.2) is 24.4 Å². The standard InChI is InChI=1S/C10H17N3O2/c1-4-13(3)6-8-5-9(7(2)15-8)10(14)12-11/h5H,4,6,11H2,1-3H3,(H,12,14). The van der Waals surface area contributed by atoms with Crippen molar-refractivity contribution in [3.63, 3.8) is 0 Å². The SMILES string of the molecule is CCN(C)Cc1cc(C(=O)NN)c(C)o1. The number of hydrazine groups is 1. The van der Waals surface area contributed by atoms with Crippen LogP contribution < -0.4 is 11.3 Å². The van der Waals surface area contributed by atoms with Gasteiger partial charge in [-0.1, -0.05) is 6.92 Å². The zero-order chi connectivity index (χ0) is 11.4. The molecule has 3 N–H and O–H groups in total. The van der Waals surface area contributed by atoms with E-state index < -0.39 is 0 Å². The van der Waals surface area contributed by atoms with Gasteiger partial charge in [0.25, 0.3) is 5.91 Å². The van der Waals surface area contributed by atoms with Gasteiger partial charge in [0, 0.05) is 0 Å². The molecule has 0 spiro atoms. The second kappa shape index (κ2) is 4.95. The van der Waals surface area contributed by atoms with Gasteiger partial charge in [0.05, 0.1) is 12.1 Å². The van der Waals surface area contributed by atoms with Crippen molar-refractivity contribution >= 4 is 5.91 Å². The average molecular weight is 211 g/mol. The van der Waals surface area contributed by atoms with E-state index in [2.05, 4.69) is 17.2 Å². The highest BCUT2D eigenvalue weighted by atomic mass is 16.3. The van der Waals surface area contributed by atoms with Gasteiger partial charge in [0.2, 0.25) is 0 Å². The van der Waals surface area contributed by atoms with Gasteiger partial charge in [-0.15, -0.1) is 0 Å². The van der Waals surface area contributed by atoms with Crippen LogP contribution in [0.25, 0.3) is 0 Å². The minimum Gasteiger partial charge on any atom is -0.464 e. The Morgan fingerprint density at radius 3 is 2.87 bits per heavy atom. The Bertz CT molecular complexity index is 346. The number of nitrogen functional groups attached to an aromatic ring is 1. The van der Waals surface area contributed by atoms with E-state index in [1.165, 1.54) is 0 Å². The lowest BCUT2D eigenvalue weighted by Crippen LogP contribution is -2.30. The number of hydrogen-bond donors (Lipinski definition) is 2. The van der Waals surface area contributed by atoms with E-state index in [0.717, 1.165) is 12.3 Å². The molecule has 1 aromatic rings. The molecule has 0 saturated carbocycles. The van der Waals surface area contributed by atoms with E-state index in [9.17, 15) is 4.79 Å². The Morgan fingerprint density at radius 1 is 1.67 bits per heavy atom. The van der Waals surface area contributed by atoms with Crippen LogP contribution in [-0.2, 0) is 6.54 Å². The molecule has 0 aliphatic heterocycles. The fourth-order valence-electron chi connectivity index (χ4n) is 1.30. The predicted molar refractivity (Wildman–Crippen MR) is 57.1 cm³/mol. The first-order valence-corrected chi connectivity index (χ1v) is 4.87. The number of nitrogens with two attached hydrogens (primary N) is 1. The number of nitrogens with zero attached hydrogens (tertiary/aromatic N) is 1. The average Bonchev–Trinajstić information content (AvgIpc) is 2.58. The number of rotatable bonds is 4. The molecule has 0 atom stereocenters. The molecule has 0 aromatic carbocycles. The van der Waals surface area contributed by atoms with E-state index >= 15 is 0 Å². The molecule has 0 saturated heterocycles. The molecular weight excluding hydrogens is 194 g/mol. The monoisotopic (exact) mass is 211 g/mol. The number of hydrogen-bond acceptors (Lipinski definition) is 4. The summed E-state index contributed by atoms with van der Waals surface area (Å²) in [7, 11) is 1.99. The maximum absolute atomic E-state index is 11.3. The van der Waals surface area contributed by atoms with Crippen LogP contribution in [0.15, 0.2) is 10.5 Å². The summed E-state index contributed by atoms with van der Waals surface area (Å²) < 4.78 is 5.45. The molecule has 1 amide bonds. The zero-order valence-corrected chi connectivity index (χ0v) is 9.33. The Kier molecular flexibility index (Phi) is 3.88. The highest BCUT2D eigenvalue weighted by Crippen LogP contribution is 2.15. The molecule has 1 rings (SSSR count). The van der Waals surface area contributed by atoms with E-state index in [4.69, 9.17) is 10.3 Å². The molecule has 0 aliphatic rings. The maximum atomic E-state index is 11.3. The van der Waals surface area contributed by atoms with Crippen LogP contribution in [0.2, 0.25) is 0 Å². The van der Waals surface area contributed by atoms with E-state index in [1.54, 1.807) is 13.0 Å². The van der Waals surface area contributed by atoms with Gasteiger partial charge in [0.15, 0.2) is 0 Å². The summed E-state index contributed by atoms with van der Waals surface area (Å²) in [5.41, 5.74) is 2.59. The van der Waals surface area contributed by atoms with Crippen LogP contribution >= 0.6 is 0 Å². The van der Waals surface area contributed by atoms with E-state index in [-0.39, 0.29) is 5.91 Å². The van der Waals surface area contributed by atoms with Gasteiger partial charge in [-0.25, -0.2) is 5.84 Å². The number of furan rings is 1. The minimum absolute atomic E-state index is 0.318. The number of carbonyl (C=O) groups is 1. The van der Waals surface area contributed by atoms with E-state index in [0.29, 0.717) is 17.9 Å². The van der Waals surface area contributed by atoms with Crippen LogP contribution in [0.1, 0.15) is 28.8 Å². The molecule has 84 valence electrons.